The van der Waals surface area contributed by atoms with Gasteiger partial charge < -0.3 is 10.1 Å². The average Bonchev–Trinajstić information content (AvgIpc) is 3.27. The Morgan fingerprint density at radius 2 is 2.00 bits per heavy atom. The monoisotopic (exact) mass is 378 g/mol. The zero-order valence-electron chi connectivity index (χ0n) is 14.7. The van der Waals surface area contributed by atoms with Crippen LogP contribution in [0.15, 0.2) is 36.5 Å². The molecule has 1 amide bonds. The van der Waals surface area contributed by atoms with Crippen molar-refractivity contribution in [3.8, 4) is 11.3 Å². The van der Waals surface area contributed by atoms with E-state index in [2.05, 4.69) is 15.5 Å². The van der Waals surface area contributed by atoms with Crippen LogP contribution in [-0.4, -0.2) is 67.9 Å². The number of hydrogen-bond acceptors (Lipinski definition) is 5. The van der Waals surface area contributed by atoms with Gasteiger partial charge in [-0.25, -0.2) is 12.7 Å². The summed E-state index contributed by atoms with van der Waals surface area (Å²) in [4.78, 5) is 12.5. The predicted molar refractivity (Wildman–Crippen MR) is 97.1 cm³/mol. The van der Waals surface area contributed by atoms with Gasteiger partial charge in [-0.2, -0.15) is 5.10 Å². The van der Waals surface area contributed by atoms with Crippen molar-refractivity contribution in [1.29, 1.82) is 0 Å². The average molecular weight is 378 g/mol. The van der Waals surface area contributed by atoms with Crippen LogP contribution in [0.5, 0.6) is 0 Å². The Kier molecular flexibility index (Phi) is 5.40. The van der Waals surface area contributed by atoms with Crippen molar-refractivity contribution in [2.45, 2.75) is 6.04 Å². The van der Waals surface area contributed by atoms with Gasteiger partial charge in [-0.15, -0.1) is 0 Å². The second-order valence-corrected chi connectivity index (χ2v) is 8.71. The van der Waals surface area contributed by atoms with E-state index in [-0.39, 0.29) is 23.6 Å². The fourth-order valence-electron chi connectivity index (χ4n) is 2.81. The van der Waals surface area contributed by atoms with E-state index in [1.807, 2.05) is 18.2 Å². The Morgan fingerprint density at radius 3 is 2.62 bits per heavy atom. The van der Waals surface area contributed by atoms with Crippen LogP contribution in [0.3, 0.4) is 0 Å². The molecule has 2 atom stereocenters. The molecule has 0 bridgehead atoms. The number of amides is 1. The Bertz CT molecular complexity index is 847. The molecule has 2 heterocycles. The van der Waals surface area contributed by atoms with Crippen molar-refractivity contribution in [3.05, 3.63) is 42.1 Å². The highest BCUT2D eigenvalue weighted by molar-refractivity contribution is 7.89. The van der Waals surface area contributed by atoms with Crippen molar-refractivity contribution >= 4 is 15.9 Å². The minimum Gasteiger partial charge on any atom is -0.379 e. The van der Waals surface area contributed by atoms with E-state index >= 15 is 0 Å². The summed E-state index contributed by atoms with van der Waals surface area (Å²) >= 11 is 0. The SMILES string of the molecule is CN(C)S(=O)(=O)C[C@@H]1COC[C@@H]1NC(=O)c1ccc(-c2ccn[nH]2)cc1. The third-order valence-corrected chi connectivity index (χ3v) is 6.42. The quantitative estimate of drug-likeness (QED) is 0.770. The molecule has 1 aromatic carbocycles. The molecule has 26 heavy (non-hydrogen) atoms. The molecule has 9 heteroatoms. The molecule has 0 saturated carbocycles. The number of aromatic nitrogens is 2. The number of aromatic amines is 1. The largest absolute Gasteiger partial charge is 0.379 e. The van der Waals surface area contributed by atoms with Gasteiger partial charge in [-0.3, -0.25) is 9.89 Å². The van der Waals surface area contributed by atoms with Crippen LogP contribution >= 0.6 is 0 Å². The first-order chi connectivity index (χ1) is 12.4. The maximum atomic E-state index is 12.5. The lowest BCUT2D eigenvalue weighted by atomic mass is 10.0. The number of sulfonamides is 1. The summed E-state index contributed by atoms with van der Waals surface area (Å²) in [7, 11) is -0.353. The van der Waals surface area contributed by atoms with Crippen molar-refractivity contribution in [3.63, 3.8) is 0 Å². The molecule has 0 spiro atoms. The number of rotatable bonds is 6. The number of nitrogens with zero attached hydrogens (tertiary/aromatic N) is 2. The van der Waals surface area contributed by atoms with E-state index in [0.29, 0.717) is 18.8 Å². The van der Waals surface area contributed by atoms with Gasteiger partial charge in [0, 0.05) is 31.8 Å². The first kappa shape index (κ1) is 18.6. The third-order valence-electron chi connectivity index (χ3n) is 4.45. The Hall–Kier alpha value is -2.23. The molecule has 2 N–H and O–H groups in total. The van der Waals surface area contributed by atoms with Crippen LogP contribution in [-0.2, 0) is 14.8 Å². The summed E-state index contributed by atoms with van der Waals surface area (Å²) in [6.45, 7) is 0.627. The summed E-state index contributed by atoms with van der Waals surface area (Å²) < 4.78 is 30.8. The molecule has 1 fully saturated rings. The minimum absolute atomic E-state index is 0.0519. The van der Waals surface area contributed by atoms with Gasteiger partial charge in [-0.1, -0.05) is 12.1 Å². The standard InChI is InChI=1S/C17H22N4O4S/c1-21(2)26(23,24)11-14-9-25-10-16(14)19-17(22)13-5-3-12(4-6-13)15-7-8-18-20-15/h3-8,14,16H,9-11H2,1-2H3,(H,18,20)(H,19,22)/t14-,16-/m0/s1. The molecule has 8 nitrogen and oxygen atoms in total. The predicted octanol–water partition coefficient (Wildman–Crippen LogP) is 0.713. The van der Waals surface area contributed by atoms with Gasteiger partial charge in [0.1, 0.15) is 0 Å². The molecule has 0 unspecified atom stereocenters. The fraction of sp³-hybridized carbons (Fsp3) is 0.412. The summed E-state index contributed by atoms with van der Waals surface area (Å²) in [6.07, 6.45) is 1.66. The van der Waals surface area contributed by atoms with E-state index < -0.39 is 10.0 Å². The fourth-order valence-corrected chi connectivity index (χ4v) is 3.98. The molecule has 140 valence electrons. The maximum absolute atomic E-state index is 12.5. The summed E-state index contributed by atoms with van der Waals surface area (Å²) in [6, 6.07) is 8.65. The van der Waals surface area contributed by atoms with Crippen LogP contribution in [0, 0.1) is 5.92 Å². The molecule has 0 radical (unpaired) electrons. The van der Waals surface area contributed by atoms with Crippen molar-refractivity contribution in [2.75, 3.05) is 33.1 Å². The van der Waals surface area contributed by atoms with Gasteiger partial charge >= 0.3 is 0 Å². The van der Waals surface area contributed by atoms with Gasteiger partial charge in [-0.05, 0) is 23.8 Å². The van der Waals surface area contributed by atoms with E-state index in [1.54, 1.807) is 18.3 Å². The van der Waals surface area contributed by atoms with E-state index in [9.17, 15) is 13.2 Å². The van der Waals surface area contributed by atoms with Gasteiger partial charge in [0.2, 0.25) is 10.0 Å². The maximum Gasteiger partial charge on any atom is 0.251 e. The molecule has 1 aromatic heterocycles. The van der Waals surface area contributed by atoms with Crippen LogP contribution < -0.4 is 5.32 Å². The molecular weight excluding hydrogens is 356 g/mol. The van der Waals surface area contributed by atoms with Gasteiger partial charge in [0.15, 0.2) is 0 Å². The smallest absolute Gasteiger partial charge is 0.251 e. The normalized spacial score (nSPS) is 20.4. The molecule has 1 saturated heterocycles. The minimum atomic E-state index is -3.35. The van der Waals surface area contributed by atoms with Crippen LogP contribution in [0.1, 0.15) is 10.4 Å². The molecule has 2 aromatic rings. The lowest BCUT2D eigenvalue weighted by Gasteiger charge is -2.21. The van der Waals surface area contributed by atoms with Gasteiger partial charge in [0.25, 0.3) is 5.91 Å². The zero-order valence-corrected chi connectivity index (χ0v) is 15.5. The summed E-state index contributed by atoms with van der Waals surface area (Å²) in [5.41, 5.74) is 2.31. The lowest BCUT2D eigenvalue weighted by molar-refractivity contribution is 0.0926. The van der Waals surface area contributed by atoms with Crippen LogP contribution in [0.2, 0.25) is 0 Å². The second-order valence-electron chi connectivity index (χ2n) is 6.49. The van der Waals surface area contributed by atoms with Gasteiger partial charge in [0.05, 0.1) is 30.7 Å². The highest BCUT2D eigenvalue weighted by Gasteiger charge is 2.34. The molecule has 0 aliphatic carbocycles. The van der Waals surface area contributed by atoms with Crippen molar-refractivity contribution in [1.82, 2.24) is 19.8 Å². The molecule has 1 aliphatic rings. The molecule has 1 aliphatic heterocycles. The first-order valence-electron chi connectivity index (χ1n) is 8.25. The van der Waals surface area contributed by atoms with Crippen LogP contribution in [0.25, 0.3) is 11.3 Å². The Labute approximate surface area is 152 Å². The van der Waals surface area contributed by atoms with Crippen molar-refractivity contribution < 1.29 is 17.9 Å². The number of carbonyl (C=O) groups is 1. The number of ether oxygens (including phenoxy) is 1. The molecule has 3 rings (SSSR count). The van der Waals surface area contributed by atoms with Crippen LogP contribution in [0.4, 0.5) is 0 Å². The number of benzene rings is 1. The topological polar surface area (TPSA) is 104 Å². The highest BCUT2D eigenvalue weighted by Crippen LogP contribution is 2.19. The Balaban J connectivity index is 1.65. The highest BCUT2D eigenvalue weighted by atomic mass is 32.2. The van der Waals surface area contributed by atoms with E-state index in [0.717, 1.165) is 11.3 Å². The second kappa shape index (κ2) is 7.56. The number of nitrogens with one attached hydrogen (secondary N) is 2. The number of carbonyl (C=O) groups excluding carboxylic acids is 1. The van der Waals surface area contributed by atoms with Crippen molar-refractivity contribution in [2.24, 2.45) is 5.92 Å². The molecular formula is C17H22N4O4S. The summed E-state index contributed by atoms with van der Waals surface area (Å²) in [5, 5.41) is 9.67. The Morgan fingerprint density at radius 1 is 1.27 bits per heavy atom. The number of hydrogen-bond donors (Lipinski definition) is 2. The lowest BCUT2D eigenvalue weighted by Crippen LogP contribution is -2.43. The van der Waals surface area contributed by atoms with E-state index in [1.165, 1.54) is 18.4 Å². The number of H-pyrrole nitrogens is 1. The zero-order chi connectivity index (χ0) is 18.7. The third kappa shape index (κ3) is 4.12. The van der Waals surface area contributed by atoms with E-state index in [4.69, 9.17) is 4.74 Å². The summed E-state index contributed by atoms with van der Waals surface area (Å²) in [5.74, 6) is -0.566. The first-order valence-corrected chi connectivity index (χ1v) is 9.86.